The molecular formula is C10H18N4O. The molecule has 0 amide bonds. The molecule has 0 radical (unpaired) electrons. The van der Waals surface area contributed by atoms with Crippen molar-refractivity contribution < 1.29 is 4.74 Å². The van der Waals surface area contributed by atoms with Gasteiger partial charge in [0.2, 0.25) is 0 Å². The number of rotatable bonds is 5. The van der Waals surface area contributed by atoms with Crippen molar-refractivity contribution in [2.75, 3.05) is 0 Å². The van der Waals surface area contributed by atoms with E-state index >= 15 is 0 Å². The summed E-state index contributed by atoms with van der Waals surface area (Å²) in [7, 11) is 0. The van der Waals surface area contributed by atoms with Crippen LogP contribution in [0.3, 0.4) is 0 Å². The van der Waals surface area contributed by atoms with E-state index in [0.717, 1.165) is 31.6 Å². The normalized spacial score (nSPS) is 25.2. The summed E-state index contributed by atoms with van der Waals surface area (Å²) in [5.74, 6) is 0.914. The lowest BCUT2D eigenvalue weighted by Crippen LogP contribution is -2.41. The minimum Gasteiger partial charge on any atom is -0.370 e. The fraction of sp³-hybridized carbons (Fsp3) is 0.800. The summed E-state index contributed by atoms with van der Waals surface area (Å²) in [5.41, 5.74) is 5.68. The Morgan fingerprint density at radius 1 is 1.60 bits per heavy atom. The van der Waals surface area contributed by atoms with E-state index in [2.05, 4.69) is 17.0 Å². The van der Waals surface area contributed by atoms with Crippen molar-refractivity contribution in [3.8, 4) is 0 Å². The van der Waals surface area contributed by atoms with E-state index in [0.29, 0.717) is 18.8 Å². The van der Waals surface area contributed by atoms with Crippen LogP contribution in [0.25, 0.3) is 0 Å². The molecule has 0 saturated heterocycles. The molecule has 1 aliphatic rings. The van der Waals surface area contributed by atoms with Crippen LogP contribution in [0.4, 0.5) is 0 Å². The second-order valence-corrected chi connectivity index (χ2v) is 4.06. The third-order valence-electron chi connectivity index (χ3n) is 2.71. The molecule has 1 saturated carbocycles. The zero-order valence-electron chi connectivity index (χ0n) is 9.09. The van der Waals surface area contributed by atoms with E-state index in [4.69, 9.17) is 10.5 Å². The molecule has 0 aromatic carbocycles. The quantitative estimate of drug-likeness (QED) is 0.776. The van der Waals surface area contributed by atoms with Crippen LogP contribution in [0.15, 0.2) is 6.33 Å². The second-order valence-electron chi connectivity index (χ2n) is 4.06. The Labute approximate surface area is 89.6 Å². The van der Waals surface area contributed by atoms with Crippen molar-refractivity contribution in [1.82, 2.24) is 14.8 Å². The molecule has 0 atom stereocenters. The Morgan fingerprint density at radius 3 is 3.07 bits per heavy atom. The van der Waals surface area contributed by atoms with Crippen LogP contribution in [-0.4, -0.2) is 26.9 Å². The van der Waals surface area contributed by atoms with Crippen molar-refractivity contribution >= 4 is 0 Å². The molecule has 15 heavy (non-hydrogen) atoms. The van der Waals surface area contributed by atoms with Crippen LogP contribution >= 0.6 is 0 Å². The Bertz CT molecular complexity index is 306. The lowest BCUT2D eigenvalue weighted by molar-refractivity contribution is -0.0229. The standard InChI is InChI=1S/C10H18N4O/c1-2-3-14-10(12-7-13-14)6-15-9-4-8(11)5-9/h7-9H,2-6,11H2,1H3. The zero-order chi connectivity index (χ0) is 10.7. The molecular weight excluding hydrogens is 192 g/mol. The van der Waals surface area contributed by atoms with E-state index in [-0.39, 0.29) is 0 Å². The van der Waals surface area contributed by atoms with Gasteiger partial charge in [-0.1, -0.05) is 6.92 Å². The van der Waals surface area contributed by atoms with E-state index in [1.54, 1.807) is 6.33 Å². The first-order valence-electron chi connectivity index (χ1n) is 5.53. The summed E-state index contributed by atoms with van der Waals surface area (Å²) in [6.45, 7) is 3.58. The molecule has 1 heterocycles. The Balaban J connectivity index is 1.79. The Morgan fingerprint density at radius 2 is 2.40 bits per heavy atom. The van der Waals surface area contributed by atoms with Crippen molar-refractivity contribution in [1.29, 1.82) is 0 Å². The van der Waals surface area contributed by atoms with Crippen LogP contribution in [0, 0.1) is 0 Å². The average molecular weight is 210 g/mol. The lowest BCUT2D eigenvalue weighted by atomic mass is 9.90. The van der Waals surface area contributed by atoms with Gasteiger partial charge in [-0.25, -0.2) is 9.67 Å². The Kier molecular flexibility index (Phi) is 3.33. The van der Waals surface area contributed by atoms with Crippen LogP contribution in [-0.2, 0) is 17.9 Å². The maximum Gasteiger partial charge on any atom is 0.152 e. The minimum atomic E-state index is 0.326. The van der Waals surface area contributed by atoms with Crippen LogP contribution in [0.1, 0.15) is 32.0 Å². The highest BCUT2D eigenvalue weighted by Gasteiger charge is 2.26. The molecule has 5 heteroatoms. The van der Waals surface area contributed by atoms with Gasteiger partial charge in [0.1, 0.15) is 12.9 Å². The van der Waals surface area contributed by atoms with Gasteiger partial charge in [0.25, 0.3) is 0 Å². The van der Waals surface area contributed by atoms with Crippen LogP contribution < -0.4 is 5.73 Å². The molecule has 0 aliphatic heterocycles. The van der Waals surface area contributed by atoms with Gasteiger partial charge in [-0.2, -0.15) is 5.10 Å². The van der Waals surface area contributed by atoms with E-state index in [9.17, 15) is 0 Å². The predicted molar refractivity (Wildman–Crippen MR) is 56.1 cm³/mol. The van der Waals surface area contributed by atoms with Gasteiger partial charge < -0.3 is 10.5 Å². The van der Waals surface area contributed by atoms with Crippen molar-refractivity contribution in [3.63, 3.8) is 0 Å². The van der Waals surface area contributed by atoms with Crippen molar-refractivity contribution in [2.24, 2.45) is 5.73 Å². The fourth-order valence-electron chi connectivity index (χ4n) is 1.73. The Hall–Kier alpha value is -0.940. The highest BCUT2D eigenvalue weighted by Crippen LogP contribution is 2.21. The van der Waals surface area contributed by atoms with Crippen LogP contribution in [0.5, 0.6) is 0 Å². The third-order valence-corrected chi connectivity index (χ3v) is 2.71. The van der Waals surface area contributed by atoms with Gasteiger partial charge in [0, 0.05) is 12.6 Å². The molecule has 5 nitrogen and oxygen atoms in total. The number of hydrogen-bond donors (Lipinski definition) is 1. The average Bonchev–Trinajstić information content (AvgIpc) is 2.59. The number of aryl methyl sites for hydroxylation is 1. The minimum absolute atomic E-state index is 0.326. The maximum atomic E-state index is 5.68. The van der Waals surface area contributed by atoms with E-state index < -0.39 is 0 Å². The smallest absolute Gasteiger partial charge is 0.152 e. The first kappa shape index (κ1) is 10.6. The molecule has 0 spiro atoms. The molecule has 84 valence electrons. The van der Waals surface area contributed by atoms with E-state index in [1.165, 1.54) is 0 Å². The predicted octanol–water partition coefficient (Wildman–Crippen LogP) is 0.694. The zero-order valence-corrected chi connectivity index (χ0v) is 9.09. The lowest BCUT2D eigenvalue weighted by Gasteiger charge is -2.31. The van der Waals surface area contributed by atoms with Gasteiger partial charge in [-0.05, 0) is 19.3 Å². The molecule has 0 bridgehead atoms. The number of nitrogens with two attached hydrogens (primary N) is 1. The first-order chi connectivity index (χ1) is 7.29. The number of hydrogen-bond acceptors (Lipinski definition) is 4. The highest BCUT2D eigenvalue weighted by atomic mass is 16.5. The summed E-state index contributed by atoms with van der Waals surface area (Å²) in [6.07, 6.45) is 4.92. The second kappa shape index (κ2) is 4.72. The first-order valence-corrected chi connectivity index (χ1v) is 5.53. The molecule has 2 rings (SSSR count). The summed E-state index contributed by atoms with van der Waals surface area (Å²) in [4.78, 5) is 4.18. The summed E-state index contributed by atoms with van der Waals surface area (Å²) >= 11 is 0. The van der Waals surface area contributed by atoms with Gasteiger partial charge in [0.15, 0.2) is 5.82 Å². The molecule has 1 fully saturated rings. The molecule has 1 aromatic heterocycles. The largest absolute Gasteiger partial charge is 0.370 e. The van der Waals surface area contributed by atoms with Gasteiger partial charge >= 0.3 is 0 Å². The van der Waals surface area contributed by atoms with E-state index in [1.807, 2.05) is 4.68 Å². The topological polar surface area (TPSA) is 66.0 Å². The molecule has 1 aliphatic carbocycles. The molecule has 1 aromatic rings. The number of nitrogens with zero attached hydrogens (tertiary/aromatic N) is 3. The highest BCUT2D eigenvalue weighted by molar-refractivity contribution is 4.86. The molecule has 2 N–H and O–H groups in total. The molecule has 0 unspecified atom stereocenters. The van der Waals surface area contributed by atoms with Crippen LogP contribution in [0.2, 0.25) is 0 Å². The summed E-state index contributed by atoms with van der Waals surface area (Å²) < 4.78 is 7.58. The van der Waals surface area contributed by atoms with Gasteiger partial charge in [-0.3, -0.25) is 0 Å². The summed E-state index contributed by atoms with van der Waals surface area (Å²) in [5, 5.41) is 4.14. The SMILES string of the molecule is CCCn1ncnc1COC1CC(N)C1. The number of aromatic nitrogens is 3. The van der Waals surface area contributed by atoms with Gasteiger partial charge in [-0.15, -0.1) is 0 Å². The number of ether oxygens (including phenoxy) is 1. The van der Waals surface area contributed by atoms with Crippen molar-refractivity contribution in [3.05, 3.63) is 12.2 Å². The van der Waals surface area contributed by atoms with Gasteiger partial charge in [0.05, 0.1) is 6.10 Å². The maximum absolute atomic E-state index is 5.68. The third kappa shape index (κ3) is 2.54. The van der Waals surface area contributed by atoms with Crippen molar-refractivity contribution in [2.45, 2.75) is 51.5 Å². The fourth-order valence-corrected chi connectivity index (χ4v) is 1.73. The monoisotopic (exact) mass is 210 g/mol. The summed E-state index contributed by atoms with van der Waals surface area (Å²) in [6, 6.07) is 0.337.